The average Bonchev–Trinajstić information content (AvgIpc) is 2.79. The number of rotatable bonds is 3. The van der Waals surface area contributed by atoms with E-state index in [1.165, 1.54) is 0 Å². The molecule has 1 unspecified atom stereocenters. The largest absolute Gasteiger partial charge is 0.383 e. The van der Waals surface area contributed by atoms with Crippen LogP contribution in [0.4, 0.5) is 5.82 Å². The summed E-state index contributed by atoms with van der Waals surface area (Å²) < 4.78 is 2.02. The minimum absolute atomic E-state index is 0.192. The summed E-state index contributed by atoms with van der Waals surface area (Å²) in [6.45, 7) is 2.05. The van der Waals surface area contributed by atoms with Gasteiger partial charge in [0.05, 0.1) is 18.2 Å². The van der Waals surface area contributed by atoms with E-state index in [1.807, 2.05) is 16.7 Å². The van der Waals surface area contributed by atoms with Crippen molar-refractivity contribution in [1.29, 1.82) is 0 Å². The first-order chi connectivity index (χ1) is 8.24. The second-order valence-electron chi connectivity index (χ2n) is 3.88. The molecule has 4 nitrogen and oxygen atoms in total. The summed E-state index contributed by atoms with van der Waals surface area (Å²) in [5.74, 6) is 3.16. The molecule has 2 rings (SSSR count). The molecule has 2 heterocycles. The SMILES string of the molecule is C#CCC(C)n1cncc1-c1cccnc1N. The van der Waals surface area contributed by atoms with E-state index in [1.54, 1.807) is 18.7 Å². The van der Waals surface area contributed by atoms with Crippen molar-refractivity contribution in [2.24, 2.45) is 0 Å². The van der Waals surface area contributed by atoms with Gasteiger partial charge < -0.3 is 10.3 Å². The zero-order valence-corrected chi connectivity index (χ0v) is 9.67. The molecule has 0 aliphatic heterocycles. The van der Waals surface area contributed by atoms with Crippen LogP contribution in [0.5, 0.6) is 0 Å². The number of hydrogen-bond acceptors (Lipinski definition) is 3. The summed E-state index contributed by atoms with van der Waals surface area (Å²) in [4.78, 5) is 8.23. The number of hydrogen-bond donors (Lipinski definition) is 1. The molecule has 1 atom stereocenters. The Hall–Kier alpha value is -2.28. The topological polar surface area (TPSA) is 56.7 Å². The van der Waals surface area contributed by atoms with Crippen LogP contribution < -0.4 is 5.73 Å². The maximum atomic E-state index is 5.86. The van der Waals surface area contributed by atoms with Gasteiger partial charge in [0.15, 0.2) is 0 Å². The number of nitrogen functional groups attached to an aromatic ring is 1. The van der Waals surface area contributed by atoms with E-state index in [9.17, 15) is 0 Å². The van der Waals surface area contributed by atoms with Gasteiger partial charge in [-0.05, 0) is 19.1 Å². The Morgan fingerprint density at radius 1 is 1.59 bits per heavy atom. The Bertz CT molecular complexity index is 551. The summed E-state index contributed by atoms with van der Waals surface area (Å²) >= 11 is 0. The van der Waals surface area contributed by atoms with Gasteiger partial charge in [-0.3, -0.25) is 0 Å². The number of aromatic nitrogens is 3. The Labute approximate surface area is 101 Å². The smallest absolute Gasteiger partial charge is 0.132 e. The fraction of sp³-hybridized carbons (Fsp3) is 0.231. The number of nitrogens with two attached hydrogens (primary N) is 1. The molecule has 0 aromatic carbocycles. The van der Waals surface area contributed by atoms with E-state index in [2.05, 4.69) is 22.8 Å². The third-order valence-electron chi connectivity index (χ3n) is 2.67. The summed E-state index contributed by atoms with van der Waals surface area (Å²) in [5.41, 5.74) is 7.69. The molecule has 0 saturated carbocycles. The Kier molecular flexibility index (Phi) is 3.10. The van der Waals surface area contributed by atoms with Crippen molar-refractivity contribution in [2.75, 3.05) is 5.73 Å². The second-order valence-corrected chi connectivity index (χ2v) is 3.88. The standard InChI is InChI=1S/C13H14N4/c1-3-5-10(2)17-9-15-8-12(17)11-6-4-7-16-13(11)14/h1,4,6-10H,5H2,2H3,(H2,14,16). The number of anilines is 1. The number of terminal acetylenes is 1. The van der Waals surface area contributed by atoms with Crippen molar-refractivity contribution in [3.63, 3.8) is 0 Å². The monoisotopic (exact) mass is 226 g/mol. The van der Waals surface area contributed by atoms with Crippen molar-refractivity contribution in [2.45, 2.75) is 19.4 Å². The Morgan fingerprint density at radius 2 is 2.41 bits per heavy atom. The summed E-state index contributed by atoms with van der Waals surface area (Å²) in [5, 5.41) is 0. The maximum absolute atomic E-state index is 5.86. The molecule has 0 aliphatic rings. The van der Waals surface area contributed by atoms with Crippen LogP contribution in [-0.4, -0.2) is 14.5 Å². The summed E-state index contributed by atoms with van der Waals surface area (Å²) in [6.07, 6.45) is 11.2. The van der Waals surface area contributed by atoms with E-state index in [-0.39, 0.29) is 6.04 Å². The summed E-state index contributed by atoms with van der Waals surface area (Å²) in [7, 11) is 0. The molecule has 2 N–H and O–H groups in total. The van der Waals surface area contributed by atoms with E-state index in [4.69, 9.17) is 12.2 Å². The van der Waals surface area contributed by atoms with Crippen LogP contribution in [0, 0.1) is 12.3 Å². The van der Waals surface area contributed by atoms with Crippen LogP contribution in [0.25, 0.3) is 11.3 Å². The molecule has 0 amide bonds. The highest BCUT2D eigenvalue weighted by Crippen LogP contribution is 2.26. The molecule has 0 fully saturated rings. The fourth-order valence-corrected chi connectivity index (χ4v) is 1.77. The van der Waals surface area contributed by atoms with Gasteiger partial charge in [-0.15, -0.1) is 12.3 Å². The van der Waals surface area contributed by atoms with Crippen LogP contribution in [0.15, 0.2) is 30.9 Å². The van der Waals surface area contributed by atoms with Crippen molar-refractivity contribution in [3.05, 3.63) is 30.9 Å². The lowest BCUT2D eigenvalue weighted by Gasteiger charge is -2.14. The predicted octanol–water partition coefficient (Wildman–Crippen LogP) is 2.11. The first-order valence-corrected chi connectivity index (χ1v) is 5.40. The van der Waals surface area contributed by atoms with Gasteiger partial charge in [-0.2, -0.15) is 0 Å². The van der Waals surface area contributed by atoms with E-state index in [0.29, 0.717) is 12.2 Å². The molecule has 0 saturated heterocycles. The fourth-order valence-electron chi connectivity index (χ4n) is 1.77. The Balaban J connectivity index is 2.45. The molecule has 4 heteroatoms. The summed E-state index contributed by atoms with van der Waals surface area (Å²) in [6, 6.07) is 3.98. The van der Waals surface area contributed by atoms with Crippen molar-refractivity contribution in [3.8, 4) is 23.6 Å². The minimum Gasteiger partial charge on any atom is -0.383 e. The van der Waals surface area contributed by atoms with Crippen molar-refractivity contribution in [1.82, 2.24) is 14.5 Å². The van der Waals surface area contributed by atoms with Gasteiger partial charge in [0.2, 0.25) is 0 Å². The highest BCUT2D eigenvalue weighted by Gasteiger charge is 2.12. The second kappa shape index (κ2) is 4.71. The van der Waals surface area contributed by atoms with Gasteiger partial charge in [0, 0.05) is 24.2 Å². The lowest BCUT2D eigenvalue weighted by atomic mass is 10.1. The van der Waals surface area contributed by atoms with Crippen LogP contribution >= 0.6 is 0 Å². The van der Waals surface area contributed by atoms with E-state index in [0.717, 1.165) is 11.3 Å². The molecule has 0 radical (unpaired) electrons. The first-order valence-electron chi connectivity index (χ1n) is 5.40. The lowest BCUT2D eigenvalue weighted by Crippen LogP contribution is -2.06. The molecule has 2 aromatic rings. The first kappa shape index (κ1) is 11.2. The van der Waals surface area contributed by atoms with E-state index >= 15 is 0 Å². The minimum atomic E-state index is 0.192. The van der Waals surface area contributed by atoms with Crippen molar-refractivity contribution >= 4 is 5.82 Å². The number of nitrogens with zero attached hydrogens (tertiary/aromatic N) is 3. The number of imidazole rings is 1. The highest BCUT2D eigenvalue weighted by atomic mass is 15.1. The number of pyridine rings is 1. The molecular formula is C13H14N4. The zero-order valence-electron chi connectivity index (χ0n) is 9.67. The third-order valence-corrected chi connectivity index (χ3v) is 2.67. The molecule has 0 spiro atoms. The van der Waals surface area contributed by atoms with Crippen molar-refractivity contribution < 1.29 is 0 Å². The quantitative estimate of drug-likeness (QED) is 0.815. The molecular weight excluding hydrogens is 212 g/mol. The van der Waals surface area contributed by atoms with Crippen LogP contribution in [0.1, 0.15) is 19.4 Å². The normalized spacial score (nSPS) is 12.0. The van der Waals surface area contributed by atoms with E-state index < -0.39 is 0 Å². The average molecular weight is 226 g/mol. The molecule has 2 aromatic heterocycles. The van der Waals surface area contributed by atoms with Gasteiger partial charge in [-0.25, -0.2) is 9.97 Å². The molecule has 0 bridgehead atoms. The van der Waals surface area contributed by atoms with Crippen LogP contribution in [-0.2, 0) is 0 Å². The third kappa shape index (κ3) is 2.13. The van der Waals surface area contributed by atoms with Gasteiger partial charge in [0.25, 0.3) is 0 Å². The molecule has 17 heavy (non-hydrogen) atoms. The zero-order chi connectivity index (χ0) is 12.3. The molecule has 86 valence electrons. The lowest BCUT2D eigenvalue weighted by molar-refractivity contribution is 0.567. The van der Waals surface area contributed by atoms with Crippen LogP contribution in [0.2, 0.25) is 0 Å². The Morgan fingerprint density at radius 3 is 3.12 bits per heavy atom. The maximum Gasteiger partial charge on any atom is 0.132 e. The van der Waals surface area contributed by atoms with Crippen LogP contribution in [0.3, 0.4) is 0 Å². The van der Waals surface area contributed by atoms with Gasteiger partial charge in [0.1, 0.15) is 5.82 Å². The van der Waals surface area contributed by atoms with Gasteiger partial charge in [-0.1, -0.05) is 0 Å². The predicted molar refractivity (Wildman–Crippen MR) is 68.0 cm³/mol. The van der Waals surface area contributed by atoms with Gasteiger partial charge >= 0.3 is 0 Å². The molecule has 0 aliphatic carbocycles. The highest BCUT2D eigenvalue weighted by molar-refractivity contribution is 5.70.